The SMILES string of the molecule is CCOC(=O)C=Cc1ccc(C=CC(=O)OCC)cc1. The second kappa shape index (κ2) is 8.69. The fourth-order valence-corrected chi connectivity index (χ4v) is 1.43. The van der Waals surface area contributed by atoms with Gasteiger partial charge >= 0.3 is 11.9 Å². The summed E-state index contributed by atoms with van der Waals surface area (Å²) in [6.45, 7) is 4.24. The summed E-state index contributed by atoms with van der Waals surface area (Å²) in [4.78, 5) is 22.3. The van der Waals surface area contributed by atoms with Crippen molar-refractivity contribution in [2.75, 3.05) is 13.2 Å². The molecular weight excluding hydrogens is 256 g/mol. The maximum absolute atomic E-state index is 11.2. The van der Waals surface area contributed by atoms with Crippen molar-refractivity contribution < 1.29 is 19.1 Å². The Morgan fingerprint density at radius 2 is 1.20 bits per heavy atom. The van der Waals surface area contributed by atoms with Crippen molar-refractivity contribution in [1.29, 1.82) is 0 Å². The lowest BCUT2D eigenvalue weighted by molar-refractivity contribution is -0.138. The van der Waals surface area contributed by atoms with Crippen molar-refractivity contribution in [3.05, 3.63) is 47.5 Å². The van der Waals surface area contributed by atoms with Crippen molar-refractivity contribution in [3.8, 4) is 0 Å². The number of rotatable bonds is 6. The highest BCUT2D eigenvalue weighted by molar-refractivity contribution is 5.88. The van der Waals surface area contributed by atoms with Crippen LogP contribution in [-0.4, -0.2) is 25.2 Å². The zero-order valence-corrected chi connectivity index (χ0v) is 11.7. The predicted octanol–water partition coefficient (Wildman–Crippen LogP) is 2.84. The summed E-state index contributed by atoms with van der Waals surface area (Å²) in [7, 11) is 0. The van der Waals surface area contributed by atoms with Gasteiger partial charge < -0.3 is 9.47 Å². The molecule has 1 aromatic carbocycles. The normalized spacial score (nSPS) is 10.9. The van der Waals surface area contributed by atoms with Crippen LogP contribution in [0.2, 0.25) is 0 Å². The number of ether oxygens (including phenoxy) is 2. The van der Waals surface area contributed by atoms with Crippen molar-refractivity contribution in [1.82, 2.24) is 0 Å². The van der Waals surface area contributed by atoms with E-state index >= 15 is 0 Å². The van der Waals surface area contributed by atoms with Crippen molar-refractivity contribution in [2.45, 2.75) is 13.8 Å². The first-order valence-corrected chi connectivity index (χ1v) is 6.45. The summed E-state index contributed by atoms with van der Waals surface area (Å²) in [5.74, 6) is -0.724. The number of esters is 2. The van der Waals surface area contributed by atoms with Gasteiger partial charge in [0.05, 0.1) is 13.2 Å². The Hall–Kier alpha value is -2.36. The second-order valence-electron chi connectivity index (χ2n) is 3.84. The van der Waals surface area contributed by atoms with E-state index in [1.54, 1.807) is 26.0 Å². The van der Waals surface area contributed by atoms with Crippen LogP contribution in [0.15, 0.2) is 36.4 Å². The van der Waals surface area contributed by atoms with Gasteiger partial charge in [-0.3, -0.25) is 0 Å². The molecule has 0 aromatic heterocycles. The fourth-order valence-electron chi connectivity index (χ4n) is 1.43. The summed E-state index contributed by atoms with van der Waals surface area (Å²) in [6.07, 6.45) is 6.12. The molecule has 0 aliphatic carbocycles. The highest BCUT2D eigenvalue weighted by Gasteiger charge is 1.96. The molecule has 0 saturated heterocycles. The Morgan fingerprint density at radius 1 is 0.850 bits per heavy atom. The maximum Gasteiger partial charge on any atom is 0.330 e. The lowest BCUT2D eigenvalue weighted by atomic mass is 10.1. The van der Waals surface area contributed by atoms with Crippen LogP contribution >= 0.6 is 0 Å². The maximum atomic E-state index is 11.2. The average Bonchev–Trinajstić information content (AvgIpc) is 2.45. The van der Waals surface area contributed by atoms with E-state index in [1.165, 1.54) is 12.2 Å². The molecule has 4 nitrogen and oxygen atoms in total. The Morgan fingerprint density at radius 3 is 1.50 bits per heavy atom. The lowest BCUT2D eigenvalue weighted by Gasteiger charge is -1.98. The first-order chi connectivity index (χ1) is 9.65. The largest absolute Gasteiger partial charge is 0.463 e. The second-order valence-corrected chi connectivity index (χ2v) is 3.84. The molecule has 0 atom stereocenters. The zero-order chi connectivity index (χ0) is 14.8. The molecule has 0 spiro atoms. The van der Waals surface area contributed by atoms with Crippen LogP contribution in [0.25, 0.3) is 12.2 Å². The summed E-state index contributed by atoms with van der Waals surface area (Å²) in [5.41, 5.74) is 1.76. The van der Waals surface area contributed by atoms with E-state index in [9.17, 15) is 9.59 Å². The van der Waals surface area contributed by atoms with Gasteiger partial charge in [0.2, 0.25) is 0 Å². The summed E-state index contributed by atoms with van der Waals surface area (Å²) < 4.78 is 9.57. The standard InChI is InChI=1S/C16H18O4/c1-3-19-15(17)11-9-13-5-7-14(8-6-13)10-12-16(18)20-4-2/h5-12H,3-4H2,1-2H3. The van der Waals surface area contributed by atoms with Crippen LogP contribution in [0.1, 0.15) is 25.0 Å². The molecule has 4 heteroatoms. The van der Waals surface area contributed by atoms with Crippen LogP contribution in [0.5, 0.6) is 0 Å². The monoisotopic (exact) mass is 274 g/mol. The quantitative estimate of drug-likeness (QED) is 0.591. The van der Waals surface area contributed by atoms with Crippen molar-refractivity contribution in [3.63, 3.8) is 0 Å². The average molecular weight is 274 g/mol. The third-order valence-electron chi connectivity index (χ3n) is 2.33. The molecule has 1 aromatic rings. The molecule has 0 amide bonds. The van der Waals surface area contributed by atoms with Gasteiger partial charge in [0, 0.05) is 12.2 Å². The molecule has 0 aliphatic heterocycles. The number of hydrogen-bond acceptors (Lipinski definition) is 4. The molecule has 0 aliphatic rings. The van der Waals surface area contributed by atoms with Crippen LogP contribution in [0, 0.1) is 0 Å². The Labute approximate surface area is 118 Å². The van der Waals surface area contributed by atoms with Gasteiger partial charge in [-0.2, -0.15) is 0 Å². The third-order valence-corrected chi connectivity index (χ3v) is 2.33. The number of hydrogen-bond donors (Lipinski definition) is 0. The Kier molecular flexibility index (Phi) is 6.82. The molecular formula is C16H18O4. The molecule has 1 rings (SSSR count). The van der Waals surface area contributed by atoms with Crippen LogP contribution in [0.4, 0.5) is 0 Å². The molecule has 0 bridgehead atoms. The van der Waals surface area contributed by atoms with Gasteiger partial charge in [-0.15, -0.1) is 0 Å². The number of carbonyl (C=O) groups excluding carboxylic acids is 2. The number of carbonyl (C=O) groups is 2. The van der Waals surface area contributed by atoms with Gasteiger partial charge in [0.25, 0.3) is 0 Å². The van der Waals surface area contributed by atoms with Gasteiger partial charge in [-0.05, 0) is 37.1 Å². The topological polar surface area (TPSA) is 52.6 Å². The van der Waals surface area contributed by atoms with Gasteiger partial charge in [-0.25, -0.2) is 9.59 Å². The van der Waals surface area contributed by atoms with E-state index in [2.05, 4.69) is 0 Å². The van der Waals surface area contributed by atoms with E-state index in [0.717, 1.165) is 11.1 Å². The van der Waals surface area contributed by atoms with Crippen LogP contribution in [0.3, 0.4) is 0 Å². The molecule has 20 heavy (non-hydrogen) atoms. The van der Waals surface area contributed by atoms with Crippen molar-refractivity contribution in [2.24, 2.45) is 0 Å². The van der Waals surface area contributed by atoms with Crippen LogP contribution < -0.4 is 0 Å². The van der Waals surface area contributed by atoms with Crippen LogP contribution in [-0.2, 0) is 19.1 Å². The molecule has 0 fully saturated rings. The molecule has 0 heterocycles. The molecule has 0 N–H and O–H groups in total. The van der Waals surface area contributed by atoms with Gasteiger partial charge in [0.15, 0.2) is 0 Å². The summed E-state index contributed by atoms with van der Waals surface area (Å²) in [6, 6.07) is 7.39. The highest BCUT2D eigenvalue weighted by atomic mass is 16.5. The first-order valence-electron chi connectivity index (χ1n) is 6.45. The zero-order valence-electron chi connectivity index (χ0n) is 11.7. The van der Waals surface area contributed by atoms with Crippen molar-refractivity contribution >= 4 is 24.1 Å². The predicted molar refractivity (Wildman–Crippen MR) is 77.8 cm³/mol. The summed E-state index contributed by atoms with van der Waals surface area (Å²) >= 11 is 0. The smallest absolute Gasteiger partial charge is 0.330 e. The van der Waals surface area contributed by atoms with E-state index in [4.69, 9.17) is 9.47 Å². The lowest BCUT2D eigenvalue weighted by Crippen LogP contribution is -1.98. The minimum absolute atomic E-state index is 0.362. The Bertz CT molecular complexity index is 451. The first kappa shape index (κ1) is 15.7. The summed E-state index contributed by atoms with van der Waals surface area (Å²) in [5, 5.41) is 0. The van der Waals surface area contributed by atoms with Gasteiger partial charge in [-0.1, -0.05) is 24.3 Å². The van der Waals surface area contributed by atoms with E-state index in [0.29, 0.717) is 13.2 Å². The minimum Gasteiger partial charge on any atom is -0.463 e. The highest BCUT2D eigenvalue weighted by Crippen LogP contribution is 2.08. The fraction of sp³-hybridized carbons (Fsp3) is 0.250. The van der Waals surface area contributed by atoms with E-state index in [-0.39, 0.29) is 11.9 Å². The third kappa shape index (κ3) is 6.00. The Balaban J connectivity index is 2.60. The molecule has 106 valence electrons. The number of benzene rings is 1. The minimum atomic E-state index is -0.362. The van der Waals surface area contributed by atoms with E-state index in [1.807, 2.05) is 24.3 Å². The van der Waals surface area contributed by atoms with E-state index < -0.39 is 0 Å². The molecule has 0 saturated carbocycles. The molecule has 0 radical (unpaired) electrons. The van der Waals surface area contributed by atoms with Gasteiger partial charge in [0.1, 0.15) is 0 Å². The molecule has 0 unspecified atom stereocenters.